The number of nitro benzene ring substituents is 1. The molecule has 0 aliphatic carbocycles. The first-order valence-electron chi connectivity index (χ1n) is 7.34. The Kier molecular flexibility index (Phi) is 4.91. The second kappa shape index (κ2) is 7.27. The summed E-state index contributed by atoms with van der Waals surface area (Å²) in [6, 6.07) is 22.0. The van der Waals surface area contributed by atoms with Crippen LogP contribution in [0.3, 0.4) is 0 Å². The van der Waals surface area contributed by atoms with Crippen LogP contribution in [0.15, 0.2) is 72.8 Å². The van der Waals surface area contributed by atoms with Gasteiger partial charge in [0.2, 0.25) is 0 Å². The Hall–Kier alpha value is -2.66. The monoisotopic (exact) mass is 383 g/mol. The maximum atomic E-state index is 10.7. The van der Waals surface area contributed by atoms with E-state index in [1.807, 2.05) is 24.3 Å². The molecule has 0 atom stereocenters. The SMILES string of the molecule is O=[N+]([O-])c1ccc(Oc2ccccc2-c2ccc(CBr)cc2)cc1. The number of alkyl halides is 1. The number of ether oxygens (including phenoxy) is 1. The van der Waals surface area contributed by atoms with Gasteiger partial charge in [0, 0.05) is 23.0 Å². The fraction of sp³-hybridized carbons (Fsp3) is 0.0526. The maximum absolute atomic E-state index is 10.7. The second-order valence-corrected chi connectivity index (χ2v) is 5.74. The molecule has 0 amide bonds. The first kappa shape index (κ1) is 16.2. The first-order chi connectivity index (χ1) is 11.7. The molecule has 0 radical (unpaired) electrons. The van der Waals surface area contributed by atoms with Gasteiger partial charge >= 0.3 is 0 Å². The van der Waals surface area contributed by atoms with Gasteiger partial charge in [-0.25, -0.2) is 0 Å². The molecular formula is C19H14BrNO3. The molecule has 4 nitrogen and oxygen atoms in total. The van der Waals surface area contributed by atoms with Gasteiger partial charge in [-0.15, -0.1) is 0 Å². The van der Waals surface area contributed by atoms with E-state index in [0.29, 0.717) is 11.5 Å². The van der Waals surface area contributed by atoms with Gasteiger partial charge in [-0.2, -0.15) is 0 Å². The van der Waals surface area contributed by atoms with Crippen LogP contribution in [0, 0.1) is 10.1 Å². The van der Waals surface area contributed by atoms with E-state index in [4.69, 9.17) is 4.74 Å². The van der Waals surface area contributed by atoms with Gasteiger partial charge in [0.05, 0.1) is 4.92 Å². The number of nitro groups is 1. The Morgan fingerprint density at radius 3 is 2.21 bits per heavy atom. The van der Waals surface area contributed by atoms with E-state index >= 15 is 0 Å². The summed E-state index contributed by atoms with van der Waals surface area (Å²) in [7, 11) is 0. The molecule has 0 bridgehead atoms. The summed E-state index contributed by atoms with van der Waals surface area (Å²) >= 11 is 3.44. The van der Waals surface area contributed by atoms with Crippen molar-refractivity contribution in [2.75, 3.05) is 0 Å². The number of hydrogen-bond donors (Lipinski definition) is 0. The molecule has 120 valence electrons. The number of rotatable bonds is 5. The molecule has 5 heteroatoms. The normalized spacial score (nSPS) is 10.4. The Labute approximate surface area is 148 Å². The zero-order valence-electron chi connectivity index (χ0n) is 12.7. The Morgan fingerprint density at radius 2 is 1.58 bits per heavy atom. The summed E-state index contributed by atoms with van der Waals surface area (Å²) in [6.45, 7) is 0. The van der Waals surface area contributed by atoms with Crippen LogP contribution < -0.4 is 4.74 Å². The van der Waals surface area contributed by atoms with E-state index in [9.17, 15) is 10.1 Å². The molecule has 3 aromatic carbocycles. The molecule has 0 aliphatic rings. The number of para-hydroxylation sites is 1. The summed E-state index contributed by atoms with van der Waals surface area (Å²) in [4.78, 5) is 10.3. The molecule has 0 saturated heterocycles. The summed E-state index contributed by atoms with van der Waals surface area (Å²) in [6.07, 6.45) is 0. The highest BCUT2D eigenvalue weighted by atomic mass is 79.9. The van der Waals surface area contributed by atoms with Crippen molar-refractivity contribution in [2.24, 2.45) is 0 Å². The van der Waals surface area contributed by atoms with E-state index < -0.39 is 4.92 Å². The van der Waals surface area contributed by atoms with Gasteiger partial charge in [-0.05, 0) is 29.3 Å². The fourth-order valence-corrected chi connectivity index (χ4v) is 2.70. The Bertz CT molecular complexity index is 845. The van der Waals surface area contributed by atoms with Crippen molar-refractivity contribution in [1.29, 1.82) is 0 Å². The minimum atomic E-state index is -0.427. The number of halogens is 1. The summed E-state index contributed by atoms with van der Waals surface area (Å²) in [5.74, 6) is 1.27. The summed E-state index contributed by atoms with van der Waals surface area (Å²) < 4.78 is 5.92. The van der Waals surface area contributed by atoms with Crippen molar-refractivity contribution in [3.05, 3.63) is 88.5 Å². The molecule has 0 N–H and O–H groups in total. The maximum Gasteiger partial charge on any atom is 0.269 e. The minimum Gasteiger partial charge on any atom is -0.457 e. The lowest BCUT2D eigenvalue weighted by molar-refractivity contribution is -0.384. The summed E-state index contributed by atoms with van der Waals surface area (Å²) in [5.41, 5.74) is 3.27. The fourth-order valence-electron chi connectivity index (χ4n) is 2.33. The van der Waals surface area contributed by atoms with E-state index in [2.05, 4.69) is 40.2 Å². The average Bonchev–Trinajstić information content (AvgIpc) is 2.63. The zero-order valence-corrected chi connectivity index (χ0v) is 14.3. The van der Waals surface area contributed by atoms with Crippen LogP contribution in [0.2, 0.25) is 0 Å². The highest BCUT2D eigenvalue weighted by Crippen LogP contribution is 2.33. The third-order valence-electron chi connectivity index (χ3n) is 3.58. The number of nitrogens with zero attached hydrogens (tertiary/aromatic N) is 1. The molecule has 3 aromatic rings. The van der Waals surface area contributed by atoms with Gasteiger partial charge in [0.15, 0.2) is 0 Å². The van der Waals surface area contributed by atoms with Crippen LogP contribution in [0.1, 0.15) is 5.56 Å². The average molecular weight is 384 g/mol. The molecule has 0 aromatic heterocycles. The highest BCUT2D eigenvalue weighted by Gasteiger charge is 2.09. The quantitative estimate of drug-likeness (QED) is 0.310. The summed E-state index contributed by atoms with van der Waals surface area (Å²) in [5, 5.41) is 11.5. The van der Waals surface area contributed by atoms with Crippen LogP contribution in [0.25, 0.3) is 11.1 Å². The van der Waals surface area contributed by atoms with Crippen molar-refractivity contribution >= 4 is 21.6 Å². The Balaban J connectivity index is 1.89. The standard InChI is InChI=1S/C19H14BrNO3/c20-13-14-5-7-15(8-6-14)18-3-1-2-4-19(18)24-17-11-9-16(10-12-17)21(22)23/h1-12H,13H2. The number of hydrogen-bond acceptors (Lipinski definition) is 3. The zero-order chi connectivity index (χ0) is 16.9. The van der Waals surface area contributed by atoms with Gasteiger partial charge in [0.25, 0.3) is 5.69 Å². The van der Waals surface area contributed by atoms with Crippen LogP contribution >= 0.6 is 15.9 Å². The highest BCUT2D eigenvalue weighted by molar-refractivity contribution is 9.08. The molecule has 0 aliphatic heterocycles. The predicted octanol–water partition coefficient (Wildman–Crippen LogP) is 5.95. The molecular weight excluding hydrogens is 370 g/mol. The third kappa shape index (κ3) is 3.63. The second-order valence-electron chi connectivity index (χ2n) is 5.18. The smallest absolute Gasteiger partial charge is 0.269 e. The van der Waals surface area contributed by atoms with Gasteiger partial charge in [-0.1, -0.05) is 58.4 Å². The van der Waals surface area contributed by atoms with E-state index in [1.54, 1.807) is 12.1 Å². The van der Waals surface area contributed by atoms with Crippen LogP contribution in [0.5, 0.6) is 11.5 Å². The van der Waals surface area contributed by atoms with E-state index in [0.717, 1.165) is 16.5 Å². The van der Waals surface area contributed by atoms with Gasteiger partial charge < -0.3 is 4.74 Å². The minimum absolute atomic E-state index is 0.0426. The molecule has 3 rings (SSSR count). The van der Waals surface area contributed by atoms with Crippen LogP contribution in [0.4, 0.5) is 5.69 Å². The van der Waals surface area contributed by atoms with Crippen LogP contribution in [-0.4, -0.2) is 4.92 Å². The van der Waals surface area contributed by atoms with Crippen molar-refractivity contribution in [3.8, 4) is 22.6 Å². The number of non-ortho nitro benzene ring substituents is 1. The van der Waals surface area contributed by atoms with E-state index in [-0.39, 0.29) is 5.69 Å². The molecule has 0 unspecified atom stereocenters. The first-order valence-corrected chi connectivity index (χ1v) is 8.46. The van der Waals surface area contributed by atoms with Crippen molar-refractivity contribution in [3.63, 3.8) is 0 Å². The molecule has 0 heterocycles. The lowest BCUT2D eigenvalue weighted by atomic mass is 10.0. The van der Waals surface area contributed by atoms with Gasteiger partial charge in [-0.3, -0.25) is 10.1 Å². The lowest BCUT2D eigenvalue weighted by Gasteiger charge is -2.11. The predicted molar refractivity (Wildman–Crippen MR) is 97.7 cm³/mol. The van der Waals surface area contributed by atoms with Crippen LogP contribution in [-0.2, 0) is 5.33 Å². The lowest BCUT2D eigenvalue weighted by Crippen LogP contribution is -1.90. The topological polar surface area (TPSA) is 52.4 Å². The van der Waals surface area contributed by atoms with E-state index in [1.165, 1.54) is 17.7 Å². The molecule has 24 heavy (non-hydrogen) atoms. The third-order valence-corrected chi connectivity index (χ3v) is 4.23. The molecule has 0 spiro atoms. The van der Waals surface area contributed by atoms with Crippen molar-refractivity contribution in [1.82, 2.24) is 0 Å². The number of benzene rings is 3. The van der Waals surface area contributed by atoms with Crippen molar-refractivity contribution in [2.45, 2.75) is 5.33 Å². The van der Waals surface area contributed by atoms with Crippen molar-refractivity contribution < 1.29 is 9.66 Å². The molecule has 0 fully saturated rings. The Morgan fingerprint density at radius 1 is 0.917 bits per heavy atom. The van der Waals surface area contributed by atoms with Gasteiger partial charge in [0.1, 0.15) is 11.5 Å². The largest absolute Gasteiger partial charge is 0.457 e. The molecule has 0 saturated carbocycles.